The third kappa shape index (κ3) is 8.01. The summed E-state index contributed by atoms with van der Waals surface area (Å²) in [5, 5.41) is 10.5. The molecule has 4 nitrogen and oxygen atoms in total. The highest BCUT2D eigenvalue weighted by atomic mass is 16.5. The second kappa shape index (κ2) is 12.7. The third-order valence-corrected chi connectivity index (χ3v) is 8.59. The van der Waals surface area contributed by atoms with Crippen molar-refractivity contribution in [3.8, 4) is 0 Å². The van der Waals surface area contributed by atoms with Gasteiger partial charge in [0.1, 0.15) is 0 Å². The van der Waals surface area contributed by atoms with Crippen molar-refractivity contribution in [2.45, 2.75) is 118 Å². The smallest absolute Gasteiger partial charge is 0.311 e. The molecule has 0 heterocycles. The van der Waals surface area contributed by atoms with E-state index in [1.165, 1.54) is 19.3 Å². The molecule has 1 N–H and O–H groups in total. The van der Waals surface area contributed by atoms with E-state index in [0.717, 1.165) is 57.0 Å². The van der Waals surface area contributed by atoms with Crippen LogP contribution in [0.1, 0.15) is 106 Å². The van der Waals surface area contributed by atoms with Crippen LogP contribution in [-0.2, 0) is 14.3 Å². The van der Waals surface area contributed by atoms with Crippen molar-refractivity contribution < 1.29 is 19.4 Å². The van der Waals surface area contributed by atoms with Crippen LogP contribution in [0.2, 0.25) is 0 Å². The van der Waals surface area contributed by atoms with Crippen LogP contribution in [0.5, 0.6) is 0 Å². The quantitative estimate of drug-likeness (QED) is 0.282. The first-order chi connectivity index (χ1) is 15.0. The van der Waals surface area contributed by atoms with E-state index < -0.39 is 12.0 Å². The number of aliphatic hydroxyl groups excluding tert-OH is 1. The number of hydrogen-bond donors (Lipinski definition) is 1. The van der Waals surface area contributed by atoms with Crippen molar-refractivity contribution in [2.75, 3.05) is 13.2 Å². The zero-order chi connectivity index (χ0) is 23.9. The van der Waals surface area contributed by atoms with Crippen molar-refractivity contribution in [1.29, 1.82) is 0 Å². The fourth-order valence-electron chi connectivity index (χ4n) is 6.27. The Labute approximate surface area is 198 Å². The van der Waals surface area contributed by atoms with Gasteiger partial charge in [-0.2, -0.15) is 0 Å². The molecule has 0 spiro atoms. The molecule has 32 heavy (non-hydrogen) atoms. The van der Waals surface area contributed by atoms with Crippen LogP contribution in [-0.4, -0.2) is 36.0 Å². The van der Waals surface area contributed by atoms with E-state index in [0.29, 0.717) is 24.4 Å². The Bertz CT molecular complexity index is 548. The molecule has 0 aliphatic heterocycles. The molecule has 0 radical (unpaired) electrons. The molecule has 2 aliphatic carbocycles. The molecule has 2 saturated carbocycles. The molecule has 188 valence electrons. The molecule has 2 fully saturated rings. The van der Waals surface area contributed by atoms with E-state index in [-0.39, 0.29) is 17.5 Å². The lowest BCUT2D eigenvalue weighted by Gasteiger charge is -2.41. The Morgan fingerprint density at radius 1 is 0.938 bits per heavy atom. The number of carbonyl (C=O) groups excluding carboxylic acids is 1. The molecule has 2 rings (SSSR count). The SMILES string of the molecule is CC1CCC(C(C)C)C(C(C(=O)OCCCCOC2(C)CCC(C(C)C)CC2)C(C)O)C1. The Balaban J connectivity index is 1.74. The lowest BCUT2D eigenvalue weighted by atomic mass is 9.64. The average Bonchev–Trinajstić information content (AvgIpc) is 2.70. The first-order valence-electron chi connectivity index (χ1n) is 13.5. The van der Waals surface area contributed by atoms with E-state index in [1.807, 2.05) is 0 Å². The minimum Gasteiger partial charge on any atom is -0.465 e. The molecule has 0 aromatic heterocycles. The van der Waals surface area contributed by atoms with Crippen LogP contribution in [0.4, 0.5) is 0 Å². The summed E-state index contributed by atoms with van der Waals surface area (Å²) in [5.74, 6) is 2.84. The molecule has 0 saturated heterocycles. The highest BCUT2D eigenvalue weighted by Gasteiger charge is 2.42. The minimum absolute atomic E-state index is 0.0169. The fraction of sp³-hybridized carbons (Fsp3) is 0.964. The first-order valence-corrected chi connectivity index (χ1v) is 13.5. The van der Waals surface area contributed by atoms with Gasteiger partial charge in [0.2, 0.25) is 0 Å². The summed E-state index contributed by atoms with van der Waals surface area (Å²) >= 11 is 0. The minimum atomic E-state index is -0.664. The number of rotatable bonds is 11. The number of unbranched alkanes of at least 4 members (excludes halogenated alkanes) is 1. The van der Waals surface area contributed by atoms with Gasteiger partial charge in [0.05, 0.1) is 24.2 Å². The molecule has 0 aromatic rings. The van der Waals surface area contributed by atoms with Gasteiger partial charge in [0, 0.05) is 6.61 Å². The largest absolute Gasteiger partial charge is 0.465 e. The topological polar surface area (TPSA) is 55.8 Å². The second-order valence-corrected chi connectivity index (χ2v) is 12.0. The lowest BCUT2D eigenvalue weighted by molar-refractivity contribution is -0.158. The maximum atomic E-state index is 13.0. The zero-order valence-corrected chi connectivity index (χ0v) is 22.1. The van der Waals surface area contributed by atoms with Gasteiger partial charge >= 0.3 is 5.97 Å². The highest BCUT2D eigenvalue weighted by molar-refractivity contribution is 5.73. The standard InChI is InChI=1S/C28H52O4/c1-19(2)23-12-14-28(7,15-13-23)32-17-9-8-16-31-27(30)26(22(6)29)25-18-21(5)10-11-24(25)20(3)4/h19-26,29H,8-18H2,1-7H3. The highest BCUT2D eigenvalue weighted by Crippen LogP contribution is 2.43. The predicted octanol–water partition coefficient (Wildman–Crippen LogP) is 6.64. The summed E-state index contributed by atoms with van der Waals surface area (Å²) in [6, 6.07) is 0. The van der Waals surface area contributed by atoms with Crippen LogP contribution in [0.3, 0.4) is 0 Å². The van der Waals surface area contributed by atoms with Crippen molar-refractivity contribution >= 4 is 5.97 Å². The van der Waals surface area contributed by atoms with Crippen LogP contribution < -0.4 is 0 Å². The Morgan fingerprint density at radius 3 is 2.12 bits per heavy atom. The van der Waals surface area contributed by atoms with Gasteiger partial charge in [-0.15, -0.1) is 0 Å². The second-order valence-electron chi connectivity index (χ2n) is 12.0. The van der Waals surface area contributed by atoms with Crippen molar-refractivity contribution in [2.24, 2.45) is 41.4 Å². The number of ether oxygens (including phenoxy) is 2. The van der Waals surface area contributed by atoms with Gasteiger partial charge in [-0.25, -0.2) is 0 Å². The third-order valence-electron chi connectivity index (χ3n) is 8.59. The maximum absolute atomic E-state index is 13.0. The van der Waals surface area contributed by atoms with E-state index in [4.69, 9.17) is 9.47 Å². The Kier molecular flexibility index (Phi) is 11.0. The summed E-state index contributed by atoms with van der Waals surface area (Å²) in [6.07, 6.45) is 9.28. The van der Waals surface area contributed by atoms with E-state index in [2.05, 4.69) is 41.5 Å². The Hall–Kier alpha value is -0.610. The fourth-order valence-corrected chi connectivity index (χ4v) is 6.27. The van der Waals surface area contributed by atoms with Gasteiger partial charge in [0.15, 0.2) is 0 Å². The van der Waals surface area contributed by atoms with Crippen molar-refractivity contribution in [1.82, 2.24) is 0 Å². The van der Waals surface area contributed by atoms with Gasteiger partial charge in [-0.05, 0) is 101 Å². The molecule has 5 unspecified atom stereocenters. The summed E-state index contributed by atoms with van der Waals surface area (Å²) in [6.45, 7) is 16.6. The number of hydrogen-bond acceptors (Lipinski definition) is 4. The van der Waals surface area contributed by atoms with Crippen LogP contribution in [0.25, 0.3) is 0 Å². The number of esters is 1. The van der Waals surface area contributed by atoms with Crippen molar-refractivity contribution in [3.63, 3.8) is 0 Å². The Morgan fingerprint density at radius 2 is 1.56 bits per heavy atom. The molecule has 5 atom stereocenters. The first kappa shape index (κ1) is 27.6. The summed E-state index contributed by atoms with van der Waals surface area (Å²) in [5.41, 5.74) is 0.0169. The van der Waals surface area contributed by atoms with Gasteiger partial charge < -0.3 is 14.6 Å². The lowest BCUT2D eigenvalue weighted by Crippen LogP contribution is -2.42. The molecule has 0 amide bonds. The summed E-state index contributed by atoms with van der Waals surface area (Å²) < 4.78 is 11.9. The van der Waals surface area contributed by atoms with Crippen LogP contribution >= 0.6 is 0 Å². The molecule has 0 aromatic carbocycles. The molecular formula is C28H52O4. The predicted molar refractivity (Wildman–Crippen MR) is 131 cm³/mol. The van der Waals surface area contributed by atoms with Crippen LogP contribution in [0.15, 0.2) is 0 Å². The normalized spacial score (nSPS) is 33.3. The zero-order valence-electron chi connectivity index (χ0n) is 22.1. The van der Waals surface area contributed by atoms with Gasteiger partial charge in [-0.3, -0.25) is 4.79 Å². The average molecular weight is 453 g/mol. The summed E-state index contributed by atoms with van der Waals surface area (Å²) in [4.78, 5) is 13.0. The molecular weight excluding hydrogens is 400 g/mol. The van der Waals surface area contributed by atoms with Crippen molar-refractivity contribution in [3.05, 3.63) is 0 Å². The molecule has 4 heteroatoms. The molecule has 0 bridgehead atoms. The number of aliphatic hydroxyl groups is 1. The summed E-state index contributed by atoms with van der Waals surface area (Å²) in [7, 11) is 0. The maximum Gasteiger partial charge on any atom is 0.311 e. The van der Waals surface area contributed by atoms with Crippen LogP contribution in [0, 0.1) is 41.4 Å². The monoisotopic (exact) mass is 452 g/mol. The van der Waals surface area contributed by atoms with E-state index in [1.54, 1.807) is 6.92 Å². The number of carbonyl (C=O) groups is 1. The van der Waals surface area contributed by atoms with Gasteiger partial charge in [-0.1, -0.05) is 41.0 Å². The van der Waals surface area contributed by atoms with Gasteiger partial charge in [0.25, 0.3) is 0 Å². The van der Waals surface area contributed by atoms with E-state index in [9.17, 15) is 9.90 Å². The molecule has 2 aliphatic rings. The van der Waals surface area contributed by atoms with E-state index >= 15 is 0 Å².